The molecule has 0 N–H and O–H groups in total. The predicted molar refractivity (Wildman–Crippen MR) is 124 cm³/mol. The van der Waals surface area contributed by atoms with Gasteiger partial charge in [-0.25, -0.2) is 9.37 Å². The Labute approximate surface area is 196 Å². The van der Waals surface area contributed by atoms with Gasteiger partial charge in [0.15, 0.2) is 0 Å². The summed E-state index contributed by atoms with van der Waals surface area (Å²) in [5, 5.41) is 0.656. The van der Waals surface area contributed by atoms with Crippen molar-refractivity contribution >= 4 is 35.1 Å². The molecule has 3 heterocycles. The van der Waals surface area contributed by atoms with Gasteiger partial charge in [-0.15, -0.1) is 0 Å². The predicted octanol–water partition coefficient (Wildman–Crippen LogP) is 3.37. The lowest BCUT2D eigenvalue weighted by molar-refractivity contribution is -0.136. The average molecular weight is 468 g/mol. The summed E-state index contributed by atoms with van der Waals surface area (Å²) in [5.74, 6) is -0.0507. The second kappa shape index (κ2) is 8.86. The van der Waals surface area contributed by atoms with Crippen molar-refractivity contribution in [1.29, 1.82) is 0 Å². The highest BCUT2D eigenvalue weighted by Crippen LogP contribution is 2.28. The van der Waals surface area contributed by atoms with Crippen LogP contribution in [-0.2, 0) is 9.59 Å². The van der Waals surface area contributed by atoms with Crippen molar-refractivity contribution in [3.05, 3.63) is 71.8 Å². The van der Waals surface area contributed by atoms with Gasteiger partial charge in [0, 0.05) is 67.9 Å². The molecule has 2 aromatic carbocycles. The van der Waals surface area contributed by atoms with E-state index in [1.165, 1.54) is 12.1 Å². The first-order valence-corrected chi connectivity index (χ1v) is 11.3. The molecule has 0 aliphatic carbocycles. The van der Waals surface area contributed by atoms with Gasteiger partial charge in [-0.2, -0.15) is 0 Å². The van der Waals surface area contributed by atoms with Crippen molar-refractivity contribution < 1.29 is 14.0 Å². The minimum absolute atomic E-state index is 0.00852. The summed E-state index contributed by atoms with van der Waals surface area (Å²) in [6.45, 7) is 2.73. The van der Waals surface area contributed by atoms with Crippen LogP contribution >= 0.6 is 11.6 Å². The third-order valence-electron chi connectivity index (χ3n) is 6.19. The van der Waals surface area contributed by atoms with Crippen molar-refractivity contribution in [2.75, 3.05) is 42.5 Å². The van der Waals surface area contributed by atoms with Gasteiger partial charge in [-0.05, 0) is 42.5 Å². The van der Waals surface area contributed by atoms with Crippen molar-refractivity contribution in [2.24, 2.45) is 5.92 Å². The molecular weight excluding hydrogens is 445 g/mol. The largest absolute Gasteiger partial charge is 0.339 e. The Kier molecular flexibility index (Phi) is 5.76. The van der Waals surface area contributed by atoms with Crippen LogP contribution < -0.4 is 9.80 Å². The molecular formula is C24H23ClFN5O2. The lowest BCUT2D eigenvalue weighted by Gasteiger charge is -2.36. The molecule has 1 atom stereocenters. The summed E-state index contributed by atoms with van der Waals surface area (Å²) >= 11 is 6.15. The number of carbonyl (C=O) groups is 2. The third kappa shape index (κ3) is 4.30. The van der Waals surface area contributed by atoms with E-state index in [0.717, 1.165) is 11.6 Å². The lowest BCUT2D eigenvalue weighted by Crippen LogP contribution is -2.51. The normalized spacial score (nSPS) is 18.8. The van der Waals surface area contributed by atoms with Gasteiger partial charge in [-0.1, -0.05) is 17.7 Å². The molecule has 5 rings (SSSR count). The van der Waals surface area contributed by atoms with Gasteiger partial charge < -0.3 is 14.7 Å². The monoisotopic (exact) mass is 467 g/mol. The molecule has 0 spiro atoms. The number of carbonyl (C=O) groups excluding carboxylic acids is 2. The number of benzene rings is 2. The van der Waals surface area contributed by atoms with E-state index in [2.05, 4.69) is 9.88 Å². The van der Waals surface area contributed by atoms with Gasteiger partial charge in [0.05, 0.1) is 5.92 Å². The molecule has 1 aromatic heterocycles. The highest BCUT2D eigenvalue weighted by Gasteiger charge is 2.38. The first kappa shape index (κ1) is 21.5. The smallest absolute Gasteiger partial charge is 0.228 e. The van der Waals surface area contributed by atoms with Crippen LogP contribution in [-0.4, -0.2) is 59.0 Å². The summed E-state index contributed by atoms with van der Waals surface area (Å²) < 4.78 is 15.2. The summed E-state index contributed by atoms with van der Waals surface area (Å²) in [5.41, 5.74) is 1.55. The Morgan fingerprint density at radius 3 is 2.52 bits per heavy atom. The molecule has 2 saturated heterocycles. The molecule has 0 radical (unpaired) electrons. The number of piperazine rings is 1. The highest BCUT2D eigenvalue weighted by molar-refractivity contribution is 6.30. The molecule has 1 unspecified atom stereocenters. The third-order valence-corrected chi connectivity index (χ3v) is 6.43. The number of halogens is 2. The molecule has 2 aliphatic rings. The number of anilines is 2. The van der Waals surface area contributed by atoms with Gasteiger partial charge >= 0.3 is 0 Å². The Morgan fingerprint density at radius 1 is 1.03 bits per heavy atom. The summed E-state index contributed by atoms with van der Waals surface area (Å²) in [4.78, 5) is 35.7. The quantitative estimate of drug-likeness (QED) is 0.590. The van der Waals surface area contributed by atoms with Crippen molar-refractivity contribution in [3.8, 4) is 5.69 Å². The fourth-order valence-corrected chi connectivity index (χ4v) is 4.67. The van der Waals surface area contributed by atoms with Crippen LogP contribution in [0.25, 0.3) is 5.69 Å². The number of amides is 2. The standard InChI is InChI=1S/C24H23ClFN5O2/c25-18-2-1-3-21(15-18)30-9-8-27-24(30)29-12-10-28(11-13-29)23(33)17-14-22(32)31(16-17)20-6-4-19(26)5-7-20/h1-9,15,17H,10-14,16H2. The zero-order valence-corrected chi connectivity index (χ0v) is 18.7. The topological polar surface area (TPSA) is 61.7 Å². The number of nitrogens with zero attached hydrogens (tertiary/aromatic N) is 5. The van der Waals surface area contributed by atoms with E-state index in [9.17, 15) is 14.0 Å². The van der Waals surface area contributed by atoms with Crippen LogP contribution in [0.2, 0.25) is 5.02 Å². The number of imidazole rings is 1. The van der Waals surface area contributed by atoms with Crippen LogP contribution in [0, 0.1) is 11.7 Å². The second-order valence-electron chi connectivity index (χ2n) is 8.27. The lowest BCUT2D eigenvalue weighted by atomic mass is 10.1. The molecule has 7 nitrogen and oxygen atoms in total. The van der Waals surface area contributed by atoms with Crippen LogP contribution in [0.5, 0.6) is 0 Å². The van der Waals surface area contributed by atoms with Gasteiger partial charge in [-0.3, -0.25) is 14.2 Å². The van der Waals surface area contributed by atoms with E-state index in [1.807, 2.05) is 39.9 Å². The molecule has 2 fully saturated rings. The zero-order valence-electron chi connectivity index (χ0n) is 17.9. The fraction of sp³-hybridized carbons (Fsp3) is 0.292. The zero-order chi connectivity index (χ0) is 22.9. The number of hydrogen-bond donors (Lipinski definition) is 0. The van der Waals surface area contributed by atoms with Gasteiger partial charge in [0.1, 0.15) is 5.82 Å². The minimum Gasteiger partial charge on any atom is -0.339 e. The number of aromatic nitrogens is 2. The first-order valence-electron chi connectivity index (χ1n) is 10.9. The van der Waals surface area contributed by atoms with Gasteiger partial charge in [0.25, 0.3) is 0 Å². The van der Waals surface area contributed by atoms with Crippen LogP contribution in [0.15, 0.2) is 60.9 Å². The number of rotatable bonds is 4. The first-order chi connectivity index (χ1) is 16.0. The fourth-order valence-electron chi connectivity index (χ4n) is 4.49. The van der Waals surface area contributed by atoms with Crippen molar-refractivity contribution in [3.63, 3.8) is 0 Å². The minimum atomic E-state index is -0.387. The van der Waals surface area contributed by atoms with E-state index in [-0.39, 0.29) is 30.0 Å². The van der Waals surface area contributed by atoms with E-state index in [1.54, 1.807) is 23.2 Å². The summed E-state index contributed by atoms with van der Waals surface area (Å²) in [6.07, 6.45) is 3.82. The second-order valence-corrected chi connectivity index (χ2v) is 8.71. The van der Waals surface area contributed by atoms with Gasteiger partial charge in [0.2, 0.25) is 17.8 Å². The average Bonchev–Trinajstić information content (AvgIpc) is 3.46. The maximum Gasteiger partial charge on any atom is 0.228 e. The van der Waals surface area contributed by atoms with Crippen molar-refractivity contribution in [1.82, 2.24) is 14.5 Å². The molecule has 2 amide bonds. The molecule has 0 saturated carbocycles. The Bertz CT molecular complexity index is 1170. The SMILES string of the molecule is O=C(C1CC(=O)N(c2ccc(F)cc2)C1)N1CCN(c2nccn2-c2cccc(Cl)c2)CC1. The molecule has 3 aromatic rings. The Hall–Kier alpha value is -3.39. The maximum atomic E-state index is 13.2. The maximum absolute atomic E-state index is 13.2. The van der Waals surface area contributed by atoms with E-state index >= 15 is 0 Å². The summed E-state index contributed by atoms with van der Waals surface area (Å²) in [6, 6.07) is 13.4. The van der Waals surface area contributed by atoms with Crippen LogP contribution in [0.3, 0.4) is 0 Å². The number of hydrogen-bond acceptors (Lipinski definition) is 4. The Balaban J connectivity index is 1.22. The molecule has 0 bridgehead atoms. The van der Waals surface area contributed by atoms with E-state index < -0.39 is 0 Å². The van der Waals surface area contributed by atoms with Crippen molar-refractivity contribution in [2.45, 2.75) is 6.42 Å². The summed E-state index contributed by atoms with van der Waals surface area (Å²) in [7, 11) is 0. The van der Waals surface area contributed by atoms with E-state index in [4.69, 9.17) is 11.6 Å². The molecule has 33 heavy (non-hydrogen) atoms. The van der Waals surface area contributed by atoms with Crippen LogP contribution in [0.1, 0.15) is 6.42 Å². The molecule has 170 valence electrons. The van der Waals surface area contributed by atoms with E-state index in [0.29, 0.717) is 43.4 Å². The van der Waals surface area contributed by atoms with Crippen LogP contribution in [0.4, 0.5) is 16.0 Å². The molecule has 2 aliphatic heterocycles. The highest BCUT2D eigenvalue weighted by atomic mass is 35.5. The molecule has 9 heteroatoms. The Morgan fingerprint density at radius 2 is 1.79 bits per heavy atom.